The molecule has 6 heteroatoms. The smallest absolute Gasteiger partial charge is 0.245 e. The zero-order valence-electron chi connectivity index (χ0n) is 16.6. The van der Waals surface area contributed by atoms with Gasteiger partial charge in [0.15, 0.2) is 0 Å². The zero-order valence-corrected chi connectivity index (χ0v) is 17.4. The lowest BCUT2D eigenvalue weighted by molar-refractivity contribution is -0.114. The Labute approximate surface area is 162 Å². The second-order valence-electron chi connectivity index (χ2n) is 7.28. The summed E-state index contributed by atoms with van der Waals surface area (Å²) in [6.07, 6.45) is 1.14. The van der Waals surface area contributed by atoms with Gasteiger partial charge in [-0.05, 0) is 35.1 Å². The van der Waals surface area contributed by atoms with Crippen LogP contribution < -0.4 is 9.62 Å². The van der Waals surface area contributed by atoms with E-state index in [4.69, 9.17) is 0 Å². The molecule has 0 aromatic heterocycles. The number of anilines is 2. The van der Waals surface area contributed by atoms with Gasteiger partial charge in [0.25, 0.3) is 0 Å². The molecular weight excluding hydrogens is 360 g/mol. The van der Waals surface area contributed by atoms with E-state index in [1.165, 1.54) is 4.31 Å². The molecule has 0 aliphatic carbocycles. The summed E-state index contributed by atoms with van der Waals surface area (Å²) in [6.45, 7) is 7.82. The van der Waals surface area contributed by atoms with Gasteiger partial charge in [-0.3, -0.25) is 9.10 Å². The number of carbonyl (C=O) groups excluding carboxylic acids is 1. The molecule has 2 rings (SSSR count). The van der Waals surface area contributed by atoms with Crippen molar-refractivity contribution in [1.29, 1.82) is 0 Å². The van der Waals surface area contributed by atoms with Crippen molar-refractivity contribution in [3.63, 3.8) is 0 Å². The molecule has 27 heavy (non-hydrogen) atoms. The summed E-state index contributed by atoms with van der Waals surface area (Å²) in [5.41, 5.74) is 3.09. The summed E-state index contributed by atoms with van der Waals surface area (Å²) in [6, 6.07) is 14.8. The van der Waals surface area contributed by atoms with Gasteiger partial charge < -0.3 is 5.32 Å². The summed E-state index contributed by atoms with van der Waals surface area (Å²) in [5.74, 6) is -0.125. The van der Waals surface area contributed by atoms with E-state index < -0.39 is 10.0 Å². The Balaban J connectivity index is 2.47. The van der Waals surface area contributed by atoms with Gasteiger partial charge in [0, 0.05) is 5.69 Å². The number of carbonyl (C=O) groups is 1. The molecule has 0 radical (unpaired) electrons. The lowest BCUT2D eigenvalue weighted by Gasteiger charge is -2.29. The number of sulfonamides is 1. The first-order valence-corrected chi connectivity index (χ1v) is 10.9. The molecule has 2 aromatic rings. The van der Waals surface area contributed by atoms with Crippen LogP contribution in [0.25, 0.3) is 0 Å². The molecule has 146 valence electrons. The number of nitrogens with one attached hydrogen (secondary N) is 1. The molecule has 1 amide bonds. The molecule has 0 spiro atoms. The third-order valence-electron chi connectivity index (χ3n) is 4.34. The average Bonchev–Trinajstić information content (AvgIpc) is 2.58. The standard InChI is InChI=1S/C21H28N2O3S/c1-15(2)18-12-9-13-19(16(3)4)21(18)23(27(5,25)26)14-20(24)22-17-10-7-6-8-11-17/h6-13,15-16H,14H2,1-5H3,(H,22,24). The maximum Gasteiger partial charge on any atom is 0.245 e. The van der Waals surface area contributed by atoms with Gasteiger partial charge in [-0.1, -0.05) is 64.1 Å². The number of hydrogen-bond acceptors (Lipinski definition) is 3. The fraction of sp³-hybridized carbons (Fsp3) is 0.381. The SMILES string of the molecule is CC(C)c1cccc(C(C)C)c1N(CC(=O)Nc1ccccc1)S(C)(=O)=O. The molecule has 0 saturated carbocycles. The maximum atomic E-state index is 12.6. The van der Waals surface area contributed by atoms with Crippen LogP contribution in [0.2, 0.25) is 0 Å². The van der Waals surface area contributed by atoms with E-state index in [1.54, 1.807) is 12.1 Å². The summed E-state index contributed by atoms with van der Waals surface area (Å²) in [5, 5.41) is 2.77. The predicted molar refractivity (Wildman–Crippen MR) is 112 cm³/mol. The molecule has 2 aromatic carbocycles. The molecular formula is C21H28N2O3S. The Hall–Kier alpha value is -2.34. The molecule has 1 N–H and O–H groups in total. The third kappa shape index (κ3) is 5.32. The quantitative estimate of drug-likeness (QED) is 0.767. The van der Waals surface area contributed by atoms with Crippen LogP contribution in [0.1, 0.15) is 50.7 Å². The number of nitrogens with zero attached hydrogens (tertiary/aromatic N) is 1. The van der Waals surface area contributed by atoms with Crippen molar-refractivity contribution in [2.45, 2.75) is 39.5 Å². The van der Waals surface area contributed by atoms with E-state index in [2.05, 4.69) is 5.32 Å². The monoisotopic (exact) mass is 388 g/mol. The number of rotatable bonds is 7. The minimum absolute atomic E-state index is 0.125. The minimum atomic E-state index is -3.64. The Morgan fingerprint density at radius 3 is 1.89 bits per heavy atom. The van der Waals surface area contributed by atoms with Crippen molar-refractivity contribution < 1.29 is 13.2 Å². The zero-order chi connectivity index (χ0) is 20.2. The van der Waals surface area contributed by atoms with Gasteiger partial charge in [-0.15, -0.1) is 0 Å². The molecule has 0 aliphatic heterocycles. The van der Waals surface area contributed by atoms with Crippen molar-refractivity contribution in [3.8, 4) is 0 Å². The van der Waals surface area contributed by atoms with Gasteiger partial charge >= 0.3 is 0 Å². The Kier molecular flexibility index (Phi) is 6.65. The van der Waals surface area contributed by atoms with Gasteiger partial charge in [0.2, 0.25) is 15.9 Å². The summed E-state index contributed by atoms with van der Waals surface area (Å²) < 4.78 is 26.5. The van der Waals surface area contributed by atoms with Crippen LogP contribution in [0.3, 0.4) is 0 Å². The highest BCUT2D eigenvalue weighted by atomic mass is 32.2. The molecule has 0 fully saturated rings. The Bertz CT molecular complexity index is 865. The lowest BCUT2D eigenvalue weighted by Crippen LogP contribution is -2.38. The number of amides is 1. The second-order valence-corrected chi connectivity index (χ2v) is 9.19. The van der Waals surface area contributed by atoms with Crippen LogP contribution in [0.4, 0.5) is 11.4 Å². The molecule has 0 unspecified atom stereocenters. The van der Waals surface area contributed by atoms with Crippen LogP contribution in [0.15, 0.2) is 48.5 Å². The maximum absolute atomic E-state index is 12.6. The van der Waals surface area contributed by atoms with E-state index >= 15 is 0 Å². The molecule has 5 nitrogen and oxygen atoms in total. The van der Waals surface area contributed by atoms with Crippen LogP contribution in [-0.4, -0.2) is 27.1 Å². The van der Waals surface area contributed by atoms with Crippen molar-refractivity contribution in [2.24, 2.45) is 0 Å². The lowest BCUT2D eigenvalue weighted by atomic mass is 9.92. The van der Waals surface area contributed by atoms with Gasteiger partial charge in [-0.25, -0.2) is 8.42 Å². The fourth-order valence-corrected chi connectivity index (χ4v) is 3.91. The number of hydrogen-bond donors (Lipinski definition) is 1. The van der Waals surface area contributed by atoms with E-state index in [-0.39, 0.29) is 24.3 Å². The van der Waals surface area contributed by atoms with E-state index in [0.29, 0.717) is 11.4 Å². The predicted octanol–water partition coefficient (Wildman–Crippen LogP) is 4.34. The van der Waals surface area contributed by atoms with E-state index in [0.717, 1.165) is 17.4 Å². The van der Waals surface area contributed by atoms with Crippen LogP contribution >= 0.6 is 0 Å². The average molecular weight is 389 g/mol. The Morgan fingerprint density at radius 2 is 1.44 bits per heavy atom. The van der Waals surface area contributed by atoms with Gasteiger partial charge in [-0.2, -0.15) is 0 Å². The van der Waals surface area contributed by atoms with Crippen molar-refractivity contribution in [3.05, 3.63) is 59.7 Å². The fourth-order valence-electron chi connectivity index (χ4n) is 3.01. The van der Waals surface area contributed by atoms with Gasteiger partial charge in [0.1, 0.15) is 6.54 Å². The largest absolute Gasteiger partial charge is 0.325 e. The topological polar surface area (TPSA) is 66.5 Å². The normalized spacial score (nSPS) is 11.7. The van der Waals surface area contributed by atoms with Crippen molar-refractivity contribution in [2.75, 3.05) is 22.4 Å². The van der Waals surface area contributed by atoms with Crippen LogP contribution in [0.5, 0.6) is 0 Å². The first-order chi connectivity index (χ1) is 12.6. The molecule has 0 atom stereocenters. The summed E-state index contributed by atoms with van der Waals surface area (Å²) in [7, 11) is -3.64. The summed E-state index contributed by atoms with van der Waals surface area (Å²) >= 11 is 0. The van der Waals surface area contributed by atoms with Crippen LogP contribution in [0, 0.1) is 0 Å². The third-order valence-corrected chi connectivity index (χ3v) is 5.45. The van der Waals surface area contributed by atoms with Gasteiger partial charge in [0.05, 0.1) is 11.9 Å². The first kappa shape index (κ1) is 21.0. The molecule has 0 heterocycles. The van der Waals surface area contributed by atoms with Crippen molar-refractivity contribution >= 4 is 27.3 Å². The second kappa shape index (κ2) is 8.57. The van der Waals surface area contributed by atoms with Crippen molar-refractivity contribution in [1.82, 2.24) is 0 Å². The van der Waals surface area contributed by atoms with E-state index in [9.17, 15) is 13.2 Å². The van der Waals surface area contributed by atoms with E-state index in [1.807, 2.05) is 64.1 Å². The highest BCUT2D eigenvalue weighted by Crippen LogP contribution is 2.36. The molecule has 0 saturated heterocycles. The first-order valence-electron chi connectivity index (χ1n) is 9.06. The molecule has 0 aliphatic rings. The van der Waals surface area contributed by atoms with Crippen LogP contribution in [-0.2, 0) is 14.8 Å². The Morgan fingerprint density at radius 1 is 0.926 bits per heavy atom. The highest BCUT2D eigenvalue weighted by molar-refractivity contribution is 7.92. The molecule has 0 bridgehead atoms. The highest BCUT2D eigenvalue weighted by Gasteiger charge is 2.27. The number of para-hydroxylation sites is 2. The minimum Gasteiger partial charge on any atom is -0.325 e. The number of benzene rings is 2. The summed E-state index contributed by atoms with van der Waals surface area (Å²) in [4.78, 5) is 12.6.